The van der Waals surface area contributed by atoms with Crippen molar-refractivity contribution < 1.29 is 0 Å². The highest BCUT2D eigenvalue weighted by Crippen LogP contribution is 2.28. The Balaban J connectivity index is 1.90. The molecule has 0 unspecified atom stereocenters. The van der Waals surface area contributed by atoms with E-state index < -0.39 is 0 Å². The molecule has 0 spiro atoms. The monoisotopic (exact) mass is 262 g/mol. The van der Waals surface area contributed by atoms with Crippen molar-refractivity contribution in [3.63, 3.8) is 0 Å². The Morgan fingerprint density at radius 2 is 2.00 bits per heavy atom. The van der Waals surface area contributed by atoms with Gasteiger partial charge in [-0.1, -0.05) is 46.0 Å². The molecule has 1 aliphatic carbocycles. The molecule has 106 valence electrons. The molecule has 2 rings (SSSR count). The number of rotatable bonds is 5. The van der Waals surface area contributed by atoms with E-state index in [9.17, 15) is 0 Å². The van der Waals surface area contributed by atoms with Gasteiger partial charge in [0, 0.05) is 12.1 Å². The van der Waals surface area contributed by atoms with Crippen LogP contribution in [-0.2, 0) is 0 Å². The number of hydrogen-bond donors (Lipinski definition) is 2. The summed E-state index contributed by atoms with van der Waals surface area (Å²) in [5, 5.41) is 3.45. The van der Waals surface area contributed by atoms with E-state index in [2.05, 4.69) is 29.1 Å². The molecule has 4 nitrogen and oxygen atoms in total. The topological polar surface area (TPSA) is 63.8 Å². The quantitative estimate of drug-likeness (QED) is 0.851. The molecule has 0 bridgehead atoms. The first-order chi connectivity index (χ1) is 9.18. The molecule has 0 amide bonds. The molecule has 3 N–H and O–H groups in total. The van der Waals surface area contributed by atoms with Crippen molar-refractivity contribution in [2.75, 3.05) is 17.6 Å². The van der Waals surface area contributed by atoms with Crippen molar-refractivity contribution in [2.45, 2.75) is 58.3 Å². The highest BCUT2D eigenvalue weighted by atomic mass is 15.0. The van der Waals surface area contributed by atoms with Gasteiger partial charge in [-0.15, -0.1) is 0 Å². The minimum absolute atomic E-state index is 0.346. The van der Waals surface area contributed by atoms with Gasteiger partial charge in [0.25, 0.3) is 0 Å². The van der Waals surface area contributed by atoms with Crippen LogP contribution in [0.1, 0.15) is 63.9 Å². The summed E-state index contributed by atoms with van der Waals surface area (Å²) in [6, 6.07) is 0. The molecule has 0 aromatic carbocycles. The zero-order valence-corrected chi connectivity index (χ0v) is 12.2. The SMILES string of the molecule is CC(C)c1c(N)ncnc1NCCC1CCCCC1. The van der Waals surface area contributed by atoms with Gasteiger partial charge < -0.3 is 11.1 Å². The molecule has 0 saturated heterocycles. The minimum atomic E-state index is 0.346. The summed E-state index contributed by atoms with van der Waals surface area (Å²) in [4.78, 5) is 8.43. The van der Waals surface area contributed by atoms with Crippen LogP contribution in [0, 0.1) is 5.92 Å². The Morgan fingerprint density at radius 1 is 1.26 bits per heavy atom. The Labute approximate surface area is 116 Å². The van der Waals surface area contributed by atoms with Gasteiger partial charge in [-0.25, -0.2) is 9.97 Å². The first-order valence-corrected chi connectivity index (χ1v) is 7.52. The summed E-state index contributed by atoms with van der Waals surface area (Å²) >= 11 is 0. The van der Waals surface area contributed by atoms with Crippen LogP contribution >= 0.6 is 0 Å². The van der Waals surface area contributed by atoms with Crippen molar-refractivity contribution in [1.82, 2.24) is 9.97 Å². The van der Waals surface area contributed by atoms with Crippen LogP contribution in [0.15, 0.2) is 6.33 Å². The molecule has 1 aliphatic rings. The summed E-state index contributed by atoms with van der Waals surface area (Å²) in [6.07, 6.45) is 9.80. The predicted octanol–water partition coefficient (Wildman–Crippen LogP) is 3.56. The number of aromatic nitrogens is 2. The Hall–Kier alpha value is -1.32. The van der Waals surface area contributed by atoms with Gasteiger partial charge in [-0.3, -0.25) is 0 Å². The average Bonchev–Trinajstić information content (AvgIpc) is 2.39. The van der Waals surface area contributed by atoms with E-state index in [1.165, 1.54) is 38.5 Å². The lowest BCUT2D eigenvalue weighted by atomic mass is 9.87. The van der Waals surface area contributed by atoms with Gasteiger partial charge in [-0.2, -0.15) is 0 Å². The second kappa shape index (κ2) is 6.73. The zero-order valence-electron chi connectivity index (χ0n) is 12.2. The van der Waals surface area contributed by atoms with Crippen LogP contribution in [-0.4, -0.2) is 16.5 Å². The molecule has 0 aliphatic heterocycles. The van der Waals surface area contributed by atoms with E-state index in [1.807, 2.05) is 0 Å². The van der Waals surface area contributed by atoms with Crippen LogP contribution in [0.5, 0.6) is 0 Å². The molecule has 4 heteroatoms. The van der Waals surface area contributed by atoms with Crippen molar-refractivity contribution in [2.24, 2.45) is 5.92 Å². The number of nitrogens with one attached hydrogen (secondary N) is 1. The average molecular weight is 262 g/mol. The molecule has 1 fully saturated rings. The summed E-state index contributed by atoms with van der Waals surface area (Å²) in [5.74, 6) is 2.75. The maximum absolute atomic E-state index is 5.95. The van der Waals surface area contributed by atoms with Gasteiger partial charge in [0.15, 0.2) is 0 Å². The normalized spacial score (nSPS) is 16.8. The third-order valence-corrected chi connectivity index (χ3v) is 4.06. The van der Waals surface area contributed by atoms with Gasteiger partial charge >= 0.3 is 0 Å². The molecule has 1 saturated carbocycles. The van der Waals surface area contributed by atoms with Gasteiger partial charge in [0.1, 0.15) is 18.0 Å². The predicted molar refractivity (Wildman–Crippen MR) is 80.2 cm³/mol. The van der Waals surface area contributed by atoms with Gasteiger partial charge in [-0.05, 0) is 18.3 Å². The molecule has 19 heavy (non-hydrogen) atoms. The molecule has 0 radical (unpaired) electrons. The minimum Gasteiger partial charge on any atom is -0.383 e. The van der Waals surface area contributed by atoms with E-state index in [0.29, 0.717) is 11.7 Å². The Morgan fingerprint density at radius 3 is 2.68 bits per heavy atom. The first-order valence-electron chi connectivity index (χ1n) is 7.52. The summed E-state index contributed by atoms with van der Waals surface area (Å²) in [5.41, 5.74) is 6.99. The smallest absolute Gasteiger partial charge is 0.134 e. The standard InChI is InChI=1S/C15H26N4/c1-11(2)13-14(16)18-10-19-15(13)17-9-8-12-6-4-3-5-7-12/h10-12H,3-9H2,1-2H3,(H3,16,17,18,19). The number of nitrogen functional groups attached to an aromatic ring is 1. The molecular weight excluding hydrogens is 236 g/mol. The van der Waals surface area contributed by atoms with Crippen LogP contribution in [0.25, 0.3) is 0 Å². The van der Waals surface area contributed by atoms with E-state index >= 15 is 0 Å². The number of anilines is 2. The van der Waals surface area contributed by atoms with Crippen LogP contribution in [0.2, 0.25) is 0 Å². The highest BCUT2D eigenvalue weighted by molar-refractivity contribution is 5.56. The zero-order chi connectivity index (χ0) is 13.7. The number of nitrogens with zero attached hydrogens (tertiary/aromatic N) is 2. The third-order valence-electron chi connectivity index (χ3n) is 4.06. The number of nitrogens with two attached hydrogens (primary N) is 1. The summed E-state index contributed by atoms with van der Waals surface area (Å²) in [6.45, 7) is 5.24. The van der Waals surface area contributed by atoms with E-state index in [1.54, 1.807) is 6.33 Å². The lowest BCUT2D eigenvalue weighted by molar-refractivity contribution is 0.345. The third kappa shape index (κ3) is 3.82. The molecule has 0 atom stereocenters. The fraction of sp³-hybridized carbons (Fsp3) is 0.733. The van der Waals surface area contributed by atoms with Crippen molar-refractivity contribution in [3.05, 3.63) is 11.9 Å². The largest absolute Gasteiger partial charge is 0.383 e. The first kappa shape index (κ1) is 14.1. The fourth-order valence-corrected chi connectivity index (χ4v) is 2.99. The van der Waals surface area contributed by atoms with Gasteiger partial charge in [0.05, 0.1) is 0 Å². The molecule has 1 aromatic heterocycles. The van der Waals surface area contributed by atoms with Crippen LogP contribution in [0.4, 0.5) is 11.6 Å². The van der Waals surface area contributed by atoms with Crippen LogP contribution < -0.4 is 11.1 Å². The van der Waals surface area contributed by atoms with Crippen molar-refractivity contribution in [3.8, 4) is 0 Å². The second-order valence-corrected chi connectivity index (χ2v) is 5.90. The second-order valence-electron chi connectivity index (χ2n) is 5.90. The fourth-order valence-electron chi connectivity index (χ4n) is 2.99. The van der Waals surface area contributed by atoms with E-state index in [4.69, 9.17) is 5.73 Å². The lowest BCUT2D eigenvalue weighted by Gasteiger charge is -2.22. The van der Waals surface area contributed by atoms with E-state index in [-0.39, 0.29) is 0 Å². The van der Waals surface area contributed by atoms with Gasteiger partial charge in [0.2, 0.25) is 0 Å². The van der Waals surface area contributed by atoms with Crippen LogP contribution in [0.3, 0.4) is 0 Å². The summed E-state index contributed by atoms with van der Waals surface area (Å²) < 4.78 is 0. The molecule has 1 aromatic rings. The number of hydrogen-bond acceptors (Lipinski definition) is 4. The lowest BCUT2D eigenvalue weighted by Crippen LogP contribution is -2.15. The highest BCUT2D eigenvalue weighted by Gasteiger charge is 2.15. The Bertz CT molecular complexity index is 397. The molecule has 1 heterocycles. The Kier molecular flexibility index (Phi) is 5.00. The van der Waals surface area contributed by atoms with Crippen molar-refractivity contribution >= 4 is 11.6 Å². The summed E-state index contributed by atoms with van der Waals surface area (Å²) in [7, 11) is 0. The van der Waals surface area contributed by atoms with Crippen molar-refractivity contribution in [1.29, 1.82) is 0 Å². The maximum Gasteiger partial charge on any atom is 0.134 e. The molecular formula is C15H26N4. The maximum atomic E-state index is 5.95. The van der Waals surface area contributed by atoms with E-state index in [0.717, 1.165) is 23.8 Å².